The minimum atomic E-state index is 0.480. The minimum absolute atomic E-state index is 0.480. The Morgan fingerprint density at radius 2 is 2.11 bits per heavy atom. The molecule has 1 nitrogen and oxygen atoms in total. The molecule has 1 saturated carbocycles. The molecule has 3 aliphatic carbocycles. The summed E-state index contributed by atoms with van der Waals surface area (Å²) in [6, 6.07) is 0.480. The zero-order valence-electron chi connectivity index (χ0n) is 5.59. The Kier molecular flexibility index (Phi) is 1.12. The van der Waals surface area contributed by atoms with Gasteiger partial charge < -0.3 is 5.73 Å². The van der Waals surface area contributed by atoms with Crippen LogP contribution in [0.3, 0.4) is 0 Å². The molecule has 0 radical (unpaired) electrons. The molecule has 9 heavy (non-hydrogen) atoms. The Bertz CT molecular complexity index is 140. The fraction of sp³-hybridized carbons (Fsp3) is 0.750. The van der Waals surface area contributed by atoms with Gasteiger partial charge in [0.1, 0.15) is 0 Å². The van der Waals surface area contributed by atoms with Crippen molar-refractivity contribution in [3.8, 4) is 0 Å². The Balaban J connectivity index is 2.20. The Labute approximate surface area is 55.9 Å². The van der Waals surface area contributed by atoms with Gasteiger partial charge in [-0.15, -0.1) is 0 Å². The van der Waals surface area contributed by atoms with Crippen molar-refractivity contribution in [2.24, 2.45) is 17.6 Å². The largest absolute Gasteiger partial charge is 0.327 e. The fourth-order valence-electron chi connectivity index (χ4n) is 1.98. The van der Waals surface area contributed by atoms with Crippen LogP contribution >= 0.6 is 0 Å². The summed E-state index contributed by atoms with van der Waals surface area (Å²) >= 11 is 0. The summed E-state index contributed by atoms with van der Waals surface area (Å²) in [6.45, 7) is 0. The third-order valence-electron chi connectivity index (χ3n) is 2.63. The lowest BCUT2D eigenvalue weighted by Gasteiger charge is -2.35. The third-order valence-corrected chi connectivity index (χ3v) is 2.63. The van der Waals surface area contributed by atoms with Crippen LogP contribution in [0.15, 0.2) is 12.2 Å². The van der Waals surface area contributed by atoms with Crippen molar-refractivity contribution in [1.29, 1.82) is 0 Å². The van der Waals surface area contributed by atoms with Crippen molar-refractivity contribution in [2.75, 3.05) is 0 Å². The van der Waals surface area contributed by atoms with Gasteiger partial charge in [0.2, 0.25) is 0 Å². The quantitative estimate of drug-likeness (QED) is 0.483. The molecule has 3 aliphatic rings. The first kappa shape index (κ1) is 5.48. The van der Waals surface area contributed by atoms with Crippen LogP contribution in [0.5, 0.6) is 0 Å². The standard InChI is InChI=1S/C8H13N/c9-8-5-6-1-3-7(8)4-2-6/h1,3,6-8H,2,4-5,9H2/t6-,7+,8-/m1/s1. The average Bonchev–Trinajstić information content (AvgIpc) is 1.90. The van der Waals surface area contributed by atoms with Crippen molar-refractivity contribution in [2.45, 2.75) is 25.3 Å². The van der Waals surface area contributed by atoms with Gasteiger partial charge in [0, 0.05) is 6.04 Å². The number of nitrogens with two attached hydrogens (primary N) is 1. The van der Waals surface area contributed by atoms with Gasteiger partial charge in [-0.1, -0.05) is 12.2 Å². The monoisotopic (exact) mass is 123 g/mol. The van der Waals surface area contributed by atoms with Gasteiger partial charge in [-0.3, -0.25) is 0 Å². The predicted octanol–water partition coefficient (Wildman–Crippen LogP) is 1.30. The lowest BCUT2D eigenvalue weighted by Crippen LogP contribution is -2.37. The third kappa shape index (κ3) is 0.799. The summed E-state index contributed by atoms with van der Waals surface area (Å²) in [6.07, 6.45) is 8.61. The molecule has 0 heterocycles. The molecule has 3 rings (SSSR count). The van der Waals surface area contributed by atoms with Gasteiger partial charge in [0.05, 0.1) is 0 Å². The van der Waals surface area contributed by atoms with Crippen molar-refractivity contribution >= 4 is 0 Å². The normalized spacial score (nSPS) is 47.9. The molecular weight excluding hydrogens is 110 g/mol. The maximum Gasteiger partial charge on any atom is 0.0107 e. The van der Waals surface area contributed by atoms with Crippen LogP contribution in [0.1, 0.15) is 19.3 Å². The fourth-order valence-corrected chi connectivity index (χ4v) is 1.98. The number of hydrogen-bond acceptors (Lipinski definition) is 1. The average molecular weight is 123 g/mol. The maximum absolute atomic E-state index is 5.87. The SMILES string of the molecule is N[C@@H]1C[C@@H]2C=C[C@H]1CC2. The molecule has 0 spiro atoms. The van der Waals surface area contributed by atoms with E-state index in [4.69, 9.17) is 5.73 Å². The number of fused-ring (bicyclic) bond motifs is 2. The van der Waals surface area contributed by atoms with Crippen molar-refractivity contribution in [3.63, 3.8) is 0 Å². The van der Waals surface area contributed by atoms with Crippen LogP contribution < -0.4 is 5.73 Å². The molecule has 0 aromatic rings. The highest BCUT2D eigenvalue weighted by molar-refractivity contribution is 5.07. The lowest BCUT2D eigenvalue weighted by molar-refractivity contribution is 0.285. The molecule has 3 atom stereocenters. The highest BCUT2D eigenvalue weighted by atomic mass is 14.7. The molecule has 50 valence electrons. The second-order valence-electron chi connectivity index (χ2n) is 3.29. The smallest absolute Gasteiger partial charge is 0.0107 e. The van der Waals surface area contributed by atoms with E-state index in [1.54, 1.807) is 0 Å². The molecule has 0 aliphatic heterocycles. The van der Waals surface area contributed by atoms with E-state index in [1.165, 1.54) is 19.3 Å². The first-order chi connectivity index (χ1) is 4.36. The molecular formula is C8H13N. The summed E-state index contributed by atoms with van der Waals surface area (Å²) in [5.74, 6) is 1.54. The summed E-state index contributed by atoms with van der Waals surface area (Å²) in [5, 5.41) is 0. The maximum atomic E-state index is 5.87. The Hall–Kier alpha value is -0.300. The lowest BCUT2D eigenvalue weighted by atomic mass is 9.73. The summed E-state index contributed by atoms with van der Waals surface area (Å²) in [7, 11) is 0. The van der Waals surface area contributed by atoms with E-state index in [1.807, 2.05) is 0 Å². The van der Waals surface area contributed by atoms with Gasteiger partial charge >= 0.3 is 0 Å². The topological polar surface area (TPSA) is 26.0 Å². The van der Waals surface area contributed by atoms with Crippen molar-refractivity contribution in [1.82, 2.24) is 0 Å². The number of hydrogen-bond donors (Lipinski definition) is 1. The van der Waals surface area contributed by atoms with E-state index in [2.05, 4.69) is 12.2 Å². The van der Waals surface area contributed by atoms with E-state index in [0.29, 0.717) is 6.04 Å². The molecule has 0 unspecified atom stereocenters. The van der Waals surface area contributed by atoms with Gasteiger partial charge in [0.25, 0.3) is 0 Å². The molecule has 0 amide bonds. The van der Waals surface area contributed by atoms with E-state index in [-0.39, 0.29) is 0 Å². The minimum Gasteiger partial charge on any atom is -0.327 e. The molecule has 1 fully saturated rings. The van der Waals surface area contributed by atoms with Crippen LogP contribution in [0, 0.1) is 11.8 Å². The molecule has 2 N–H and O–H groups in total. The van der Waals surface area contributed by atoms with Crippen molar-refractivity contribution < 1.29 is 0 Å². The van der Waals surface area contributed by atoms with Crippen LogP contribution in [-0.4, -0.2) is 6.04 Å². The van der Waals surface area contributed by atoms with Gasteiger partial charge in [-0.2, -0.15) is 0 Å². The van der Waals surface area contributed by atoms with E-state index in [0.717, 1.165) is 11.8 Å². The van der Waals surface area contributed by atoms with Crippen LogP contribution in [0.25, 0.3) is 0 Å². The second-order valence-corrected chi connectivity index (χ2v) is 3.29. The highest BCUT2D eigenvalue weighted by Crippen LogP contribution is 2.34. The predicted molar refractivity (Wildman–Crippen MR) is 37.9 cm³/mol. The molecule has 0 saturated heterocycles. The first-order valence-electron chi connectivity index (χ1n) is 3.80. The van der Waals surface area contributed by atoms with Gasteiger partial charge in [0.15, 0.2) is 0 Å². The van der Waals surface area contributed by atoms with Crippen LogP contribution in [0.4, 0.5) is 0 Å². The zero-order chi connectivity index (χ0) is 6.27. The first-order valence-corrected chi connectivity index (χ1v) is 3.80. The van der Waals surface area contributed by atoms with E-state index in [9.17, 15) is 0 Å². The zero-order valence-corrected chi connectivity index (χ0v) is 5.59. The number of allylic oxidation sites excluding steroid dienone is 1. The molecule has 0 aromatic carbocycles. The van der Waals surface area contributed by atoms with E-state index < -0.39 is 0 Å². The molecule has 0 aromatic heterocycles. The van der Waals surface area contributed by atoms with E-state index >= 15 is 0 Å². The summed E-state index contributed by atoms with van der Waals surface area (Å²) in [4.78, 5) is 0. The second kappa shape index (κ2) is 1.84. The summed E-state index contributed by atoms with van der Waals surface area (Å²) < 4.78 is 0. The van der Waals surface area contributed by atoms with Crippen LogP contribution in [0.2, 0.25) is 0 Å². The van der Waals surface area contributed by atoms with Gasteiger partial charge in [-0.25, -0.2) is 0 Å². The number of rotatable bonds is 0. The molecule has 2 bridgehead atoms. The van der Waals surface area contributed by atoms with Crippen molar-refractivity contribution in [3.05, 3.63) is 12.2 Å². The Morgan fingerprint density at radius 1 is 1.22 bits per heavy atom. The van der Waals surface area contributed by atoms with Crippen LogP contribution in [-0.2, 0) is 0 Å². The highest BCUT2D eigenvalue weighted by Gasteiger charge is 2.28. The molecule has 1 heteroatoms. The van der Waals surface area contributed by atoms with Gasteiger partial charge in [-0.05, 0) is 31.1 Å². The Morgan fingerprint density at radius 3 is 2.33 bits per heavy atom. The summed E-state index contributed by atoms with van der Waals surface area (Å²) in [5.41, 5.74) is 5.87.